The van der Waals surface area contributed by atoms with Crippen LogP contribution in [0.25, 0.3) is 0 Å². The summed E-state index contributed by atoms with van der Waals surface area (Å²) in [6, 6.07) is 20.8. The van der Waals surface area contributed by atoms with Gasteiger partial charge in [0, 0.05) is 6.20 Å². The van der Waals surface area contributed by atoms with E-state index in [-0.39, 0.29) is 0 Å². The lowest BCUT2D eigenvalue weighted by Gasteiger charge is -2.11. The smallest absolute Gasteiger partial charge is 0.335 e. The first-order valence-corrected chi connectivity index (χ1v) is 8.16. The van der Waals surface area contributed by atoms with Crippen LogP contribution in [-0.2, 0) is 19.4 Å². The monoisotopic (exact) mass is 333 g/mol. The van der Waals surface area contributed by atoms with Gasteiger partial charge in [-0.05, 0) is 42.2 Å². The van der Waals surface area contributed by atoms with Crippen LogP contribution in [0.3, 0.4) is 0 Å². The van der Waals surface area contributed by atoms with E-state index in [4.69, 9.17) is 4.74 Å². The minimum Gasteiger partial charge on any atom is -0.487 e. The number of benzene rings is 2. The molecule has 0 aliphatic carbocycles. The van der Waals surface area contributed by atoms with Gasteiger partial charge in [-0.25, -0.2) is 4.79 Å². The van der Waals surface area contributed by atoms with Gasteiger partial charge in [0.05, 0.1) is 11.3 Å². The molecule has 1 N–H and O–H groups in total. The van der Waals surface area contributed by atoms with Crippen LogP contribution in [0.1, 0.15) is 27.2 Å². The summed E-state index contributed by atoms with van der Waals surface area (Å²) < 4.78 is 5.91. The number of nitrogens with zero attached hydrogens (tertiary/aromatic N) is 1. The summed E-state index contributed by atoms with van der Waals surface area (Å²) in [5.74, 6) is -0.170. The van der Waals surface area contributed by atoms with Gasteiger partial charge in [0.1, 0.15) is 12.4 Å². The molecule has 0 aliphatic rings. The predicted octanol–water partition coefficient (Wildman–Crippen LogP) is 4.14. The molecule has 0 spiro atoms. The fraction of sp³-hybridized carbons (Fsp3) is 0.143. The maximum Gasteiger partial charge on any atom is 0.335 e. The lowest BCUT2D eigenvalue weighted by Crippen LogP contribution is -2.05. The van der Waals surface area contributed by atoms with Crippen LogP contribution in [0, 0.1) is 0 Å². The number of hydrogen-bond acceptors (Lipinski definition) is 3. The van der Waals surface area contributed by atoms with Gasteiger partial charge in [-0.2, -0.15) is 0 Å². The minimum atomic E-state index is -0.905. The first-order valence-electron chi connectivity index (χ1n) is 8.16. The van der Waals surface area contributed by atoms with Gasteiger partial charge in [-0.3, -0.25) is 4.98 Å². The van der Waals surface area contributed by atoms with Gasteiger partial charge in [-0.1, -0.05) is 48.5 Å². The van der Waals surface area contributed by atoms with E-state index in [1.165, 1.54) is 0 Å². The van der Waals surface area contributed by atoms with Gasteiger partial charge in [-0.15, -0.1) is 0 Å². The quantitative estimate of drug-likeness (QED) is 0.706. The second kappa shape index (κ2) is 8.11. The molecule has 3 rings (SSSR count). The molecule has 3 aromatic rings. The van der Waals surface area contributed by atoms with E-state index < -0.39 is 5.97 Å². The predicted molar refractivity (Wildman–Crippen MR) is 95.8 cm³/mol. The molecule has 0 unspecified atom stereocenters. The number of carboxylic acid groups (broad SMARTS) is 1. The van der Waals surface area contributed by atoms with Gasteiger partial charge >= 0.3 is 5.97 Å². The molecular weight excluding hydrogens is 314 g/mol. The lowest BCUT2D eigenvalue weighted by atomic mass is 10.0. The minimum absolute atomic E-state index is 0.338. The Morgan fingerprint density at radius 1 is 0.920 bits per heavy atom. The highest BCUT2D eigenvalue weighted by molar-refractivity contribution is 5.89. The Labute approximate surface area is 146 Å². The third-order valence-corrected chi connectivity index (χ3v) is 3.96. The van der Waals surface area contributed by atoms with Crippen LogP contribution in [0.2, 0.25) is 0 Å². The van der Waals surface area contributed by atoms with Crippen LogP contribution < -0.4 is 4.74 Å². The Bertz CT molecular complexity index is 847. The van der Waals surface area contributed by atoms with Crippen molar-refractivity contribution in [3.05, 3.63) is 95.3 Å². The molecule has 0 amide bonds. The van der Waals surface area contributed by atoms with Crippen molar-refractivity contribution in [1.29, 1.82) is 0 Å². The molecule has 0 atom stereocenters. The molecule has 0 saturated heterocycles. The second-order valence-electron chi connectivity index (χ2n) is 5.68. The Kier molecular flexibility index (Phi) is 5.42. The molecule has 2 aromatic carbocycles. The second-order valence-corrected chi connectivity index (χ2v) is 5.68. The number of aromatic carboxylic acids is 1. The first-order chi connectivity index (χ1) is 12.2. The number of carbonyl (C=O) groups is 1. The molecular formula is C21H19NO3. The summed E-state index contributed by atoms with van der Waals surface area (Å²) in [5, 5.41) is 9.29. The molecule has 4 nitrogen and oxygen atoms in total. The SMILES string of the molecule is O=C(O)c1ccccc1CCc1ncccc1OCc1ccccc1. The van der Waals surface area contributed by atoms with Crippen molar-refractivity contribution in [3.63, 3.8) is 0 Å². The third kappa shape index (κ3) is 4.44. The zero-order valence-corrected chi connectivity index (χ0v) is 13.8. The Balaban J connectivity index is 1.70. The zero-order chi connectivity index (χ0) is 17.5. The Morgan fingerprint density at radius 2 is 1.68 bits per heavy atom. The van der Waals surface area contributed by atoms with Crippen LogP contribution >= 0.6 is 0 Å². The molecule has 0 radical (unpaired) electrons. The fourth-order valence-electron chi connectivity index (χ4n) is 2.68. The summed E-state index contributed by atoms with van der Waals surface area (Å²) in [5.41, 5.74) is 3.06. The van der Waals surface area contributed by atoms with Gasteiger partial charge in [0.25, 0.3) is 0 Å². The van der Waals surface area contributed by atoms with Gasteiger partial charge < -0.3 is 9.84 Å². The standard InChI is InChI=1S/C21H19NO3/c23-21(24)18-10-5-4-9-17(18)12-13-19-20(11-6-14-22-19)25-15-16-7-2-1-3-8-16/h1-11,14H,12-13,15H2,(H,23,24). The number of carboxylic acids is 1. The van der Waals surface area contributed by atoms with Crippen molar-refractivity contribution < 1.29 is 14.6 Å². The number of ether oxygens (including phenoxy) is 1. The number of rotatable bonds is 7. The van der Waals surface area contributed by atoms with E-state index in [2.05, 4.69) is 4.98 Å². The van der Waals surface area contributed by atoms with Crippen molar-refractivity contribution in [3.8, 4) is 5.75 Å². The maximum atomic E-state index is 11.3. The van der Waals surface area contributed by atoms with Crippen LogP contribution in [0.5, 0.6) is 5.75 Å². The van der Waals surface area contributed by atoms with Crippen LogP contribution in [0.15, 0.2) is 72.9 Å². The molecule has 0 fully saturated rings. The Hall–Kier alpha value is -3.14. The molecule has 0 saturated carbocycles. The van der Waals surface area contributed by atoms with E-state index in [0.29, 0.717) is 25.0 Å². The number of pyridine rings is 1. The van der Waals surface area contributed by atoms with E-state index in [0.717, 1.165) is 22.6 Å². The van der Waals surface area contributed by atoms with Crippen molar-refractivity contribution in [1.82, 2.24) is 4.98 Å². The summed E-state index contributed by atoms with van der Waals surface area (Å²) in [6.45, 7) is 0.477. The van der Waals surface area contributed by atoms with Crippen LogP contribution in [0.4, 0.5) is 0 Å². The van der Waals surface area contributed by atoms with Crippen LogP contribution in [-0.4, -0.2) is 16.1 Å². The molecule has 0 bridgehead atoms. The summed E-state index contributed by atoms with van der Waals surface area (Å²) >= 11 is 0. The summed E-state index contributed by atoms with van der Waals surface area (Å²) in [7, 11) is 0. The van der Waals surface area contributed by atoms with Crippen molar-refractivity contribution in [2.45, 2.75) is 19.4 Å². The lowest BCUT2D eigenvalue weighted by molar-refractivity contribution is 0.0695. The topological polar surface area (TPSA) is 59.4 Å². The highest BCUT2D eigenvalue weighted by Gasteiger charge is 2.11. The van der Waals surface area contributed by atoms with E-state index >= 15 is 0 Å². The summed E-state index contributed by atoms with van der Waals surface area (Å²) in [4.78, 5) is 15.7. The summed E-state index contributed by atoms with van der Waals surface area (Å²) in [6.07, 6.45) is 2.95. The number of hydrogen-bond donors (Lipinski definition) is 1. The Morgan fingerprint density at radius 3 is 2.48 bits per heavy atom. The van der Waals surface area contributed by atoms with Gasteiger partial charge in [0.2, 0.25) is 0 Å². The average molecular weight is 333 g/mol. The normalized spacial score (nSPS) is 10.4. The van der Waals surface area contributed by atoms with Crippen molar-refractivity contribution >= 4 is 5.97 Å². The van der Waals surface area contributed by atoms with E-state index in [9.17, 15) is 9.90 Å². The van der Waals surface area contributed by atoms with E-state index in [1.54, 1.807) is 18.3 Å². The molecule has 1 aromatic heterocycles. The third-order valence-electron chi connectivity index (χ3n) is 3.96. The first kappa shape index (κ1) is 16.7. The number of aryl methyl sites for hydroxylation is 2. The van der Waals surface area contributed by atoms with Gasteiger partial charge in [0.15, 0.2) is 0 Å². The fourth-order valence-corrected chi connectivity index (χ4v) is 2.68. The molecule has 0 aliphatic heterocycles. The zero-order valence-electron chi connectivity index (χ0n) is 13.8. The molecule has 25 heavy (non-hydrogen) atoms. The number of aromatic nitrogens is 1. The highest BCUT2D eigenvalue weighted by Crippen LogP contribution is 2.20. The van der Waals surface area contributed by atoms with Crippen molar-refractivity contribution in [2.75, 3.05) is 0 Å². The molecule has 126 valence electrons. The highest BCUT2D eigenvalue weighted by atomic mass is 16.5. The molecule has 1 heterocycles. The van der Waals surface area contributed by atoms with Crippen molar-refractivity contribution in [2.24, 2.45) is 0 Å². The largest absolute Gasteiger partial charge is 0.487 e. The molecule has 4 heteroatoms. The average Bonchev–Trinajstić information content (AvgIpc) is 2.66. The maximum absolute atomic E-state index is 11.3. The van der Waals surface area contributed by atoms with E-state index in [1.807, 2.05) is 54.6 Å².